The van der Waals surface area contributed by atoms with Crippen molar-refractivity contribution in [1.29, 1.82) is 0 Å². The van der Waals surface area contributed by atoms with Crippen molar-refractivity contribution in [2.75, 3.05) is 16.7 Å². The van der Waals surface area contributed by atoms with E-state index in [1.807, 2.05) is 13.8 Å². The van der Waals surface area contributed by atoms with Gasteiger partial charge >= 0.3 is 0 Å². The second-order valence-corrected chi connectivity index (χ2v) is 5.15. The molecule has 0 aliphatic carbocycles. The summed E-state index contributed by atoms with van der Waals surface area (Å²) in [6.45, 7) is 3.64. The minimum Gasteiger partial charge on any atom is -0.399 e. The van der Waals surface area contributed by atoms with E-state index < -0.39 is 10.0 Å². The molecule has 78 valence electrons. The second kappa shape index (κ2) is 3.49. The van der Waals surface area contributed by atoms with Gasteiger partial charge in [-0.3, -0.25) is 4.72 Å². The predicted octanol–water partition coefficient (Wildman–Crippen LogP) is 1.26. The van der Waals surface area contributed by atoms with Crippen LogP contribution in [0.25, 0.3) is 0 Å². The van der Waals surface area contributed by atoms with Gasteiger partial charge in [0.1, 0.15) is 0 Å². The number of nitrogen functional groups attached to an aromatic ring is 1. The quantitative estimate of drug-likeness (QED) is 0.728. The zero-order valence-corrected chi connectivity index (χ0v) is 9.27. The van der Waals surface area contributed by atoms with Gasteiger partial charge in [0.15, 0.2) is 0 Å². The van der Waals surface area contributed by atoms with Gasteiger partial charge in [0, 0.05) is 5.69 Å². The van der Waals surface area contributed by atoms with Crippen LogP contribution in [0.5, 0.6) is 0 Å². The third kappa shape index (κ3) is 2.63. The largest absolute Gasteiger partial charge is 0.399 e. The van der Waals surface area contributed by atoms with Crippen LogP contribution >= 0.6 is 0 Å². The number of sulfonamides is 1. The molecule has 0 unspecified atom stereocenters. The molecule has 1 aromatic carbocycles. The SMILES string of the molecule is Cc1cc(NS(C)(=O)=O)c(C)cc1N. The Morgan fingerprint density at radius 3 is 2.29 bits per heavy atom. The van der Waals surface area contributed by atoms with E-state index in [0.717, 1.165) is 17.4 Å². The molecule has 0 saturated heterocycles. The number of nitrogens with two attached hydrogens (primary N) is 1. The standard InChI is InChI=1S/C9H14N2O2S/c1-6-5-9(11-14(3,12)13)7(2)4-8(6)10/h4-5,11H,10H2,1-3H3. The van der Waals surface area contributed by atoms with Gasteiger partial charge in [0.2, 0.25) is 10.0 Å². The van der Waals surface area contributed by atoms with E-state index in [-0.39, 0.29) is 0 Å². The van der Waals surface area contributed by atoms with Gasteiger partial charge < -0.3 is 5.73 Å². The highest BCUT2D eigenvalue weighted by molar-refractivity contribution is 7.92. The Bertz CT molecular complexity index is 452. The van der Waals surface area contributed by atoms with Crippen molar-refractivity contribution in [1.82, 2.24) is 0 Å². The number of hydrogen-bond acceptors (Lipinski definition) is 3. The van der Waals surface area contributed by atoms with Gasteiger partial charge in [-0.25, -0.2) is 8.42 Å². The zero-order chi connectivity index (χ0) is 10.9. The van der Waals surface area contributed by atoms with Crippen LogP contribution in [0.1, 0.15) is 11.1 Å². The van der Waals surface area contributed by atoms with E-state index in [9.17, 15) is 8.42 Å². The third-order valence-corrected chi connectivity index (χ3v) is 2.50. The van der Waals surface area contributed by atoms with Crippen molar-refractivity contribution >= 4 is 21.4 Å². The Hall–Kier alpha value is -1.23. The van der Waals surface area contributed by atoms with Crippen LogP contribution in [0.15, 0.2) is 12.1 Å². The minimum absolute atomic E-state index is 0.583. The Labute approximate surface area is 84.2 Å². The van der Waals surface area contributed by atoms with E-state index in [0.29, 0.717) is 11.4 Å². The summed E-state index contributed by atoms with van der Waals surface area (Å²) < 4.78 is 24.4. The summed E-state index contributed by atoms with van der Waals surface area (Å²) >= 11 is 0. The molecule has 4 nitrogen and oxygen atoms in total. The summed E-state index contributed by atoms with van der Waals surface area (Å²) in [4.78, 5) is 0. The number of aryl methyl sites for hydroxylation is 2. The van der Waals surface area contributed by atoms with Gasteiger partial charge in [0.25, 0.3) is 0 Å². The first-order chi connectivity index (χ1) is 6.29. The molecule has 0 aliphatic heterocycles. The smallest absolute Gasteiger partial charge is 0.229 e. The van der Waals surface area contributed by atoms with Crippen LogP contribution in [0.2, 0.25) is 0 Å². The first-order valence-corrected chi connectivity index (χ1v) is 6.03. The Balaban J connectivity index is 3.17. The minimum atomic E-state index is -3.22. The second-order valence-electron chi connectivity index (χ2n) is 3.40. The summed E-state index contributed by atoms with van der Waals surface area (Å²) in [7, 11) is -3.22. The molecule has 5 heteroatoms. The zero-order valence-electron chi connectivity index (χ0n) is 8.46. The molecule has 1 aromatic rings. The van der Waals surface area contributed by atoms with Crippen LogP contribution < -0.4 is 10.5 Å². The first kappa shape index (κ1) is 10.8. The van der Waals surface area contributed by atoms with Gasteiger partial charge in [-0.2, -0.15) is 0 Å². The lowest BCUT2D eigenvalue weighted by Crippen LogP contribution is -2.11. The number of benzene rings is 1. The van der Waals surface area contributed by atoms with Gasteiger partial charge in [-0.15, -0.1) is 0 Å². The molecule has 0 fully saturated rings. The molecule has 0 amide bonds. The van der Waals surface area contributed by atoms with Crippen molar-refractivity contribution in [2.45, 2.75) is 13.8 Å². The van der Waals surface area contributed by atoms with Crippen molar-refractivity contribution in [3.8, 4) is 0 Å². The van der Waals surface area contributed by atoms with Crippen LogP contribution in [-0.2, 0) is 10.0 Å². The Morgan fingerprint density at radius 2 is 1.79 bits per heavy atom. The molecule has 0 aromatic heterocycles. The highest BCUT2D eigenvalue weighted by Crippen LogP contribution is 2.22. The van der Waals surface area contributed by atoms with E-state index in [4.69, 9.17) is 5.73 Å². The fourth-order valence-electron chi connectivity index (χ4n) is 1.15. The molecular weight excluding hydrogens is 200 g/mol. The summed E-state index contributed by atoms with van der Waals surface area (Å²) in [6, 6.07) is 3.48. The lowest BCUT2D eigenvalue weighted by atomic mass is 10.1. The monoisotopic (exact) mass is 214 g/mol. The lowest BCUT2D eigenvalue weighted by molar-refractivity contribution is 0.607. The number of rotatable bonds is 2. The number of nitrogens with one attached hydrogen (secondary N) is 1. The lowest BCUT2D eigenvalue weighted by Gasteiger charge is -2.10. The van der Waals surface area contributed by atoms with Crippen molar-refractivity contribution in [3.05, 3.63) is 23.3 Å². The fourth-order valence-corrected chi connectivity index (χ4v) is 1.77. The molecule has 14 heavy (non-hydrogen) atoms. The average molecular weight is 214 g/mol. The maximum absolute atomic E-state index is 11.0. The van der Waals surface area contributed by atoms with E-state index in [1.54, 1.807) is 12.1 Å². The first-order valence-electron chi connectivity index (χ1n) is 4.14. The van der Waals surface area contributed by atoms with Crippen LogP contribution in [-0.4, -0.2) is 14.7 Å². The number of hydrogen-bond donors (Lipinski definition) is 2. The average Bonchev–Trinajstić information content (AvgIpc) is 1.97. The number of anilines is 2. The summed E-state index contributed by atoms with van der Waals surface area (Å²) in [5.74, 6) is 0. The molecule has 0 heterocycles. The molecular formula is C9H14N2O2S. The summed E-state index contributed by atoms with van der Waals surface area (Å²) in [5, 5.41) is 0. The normalized spacial score (nSPS) is 11.4. The predicted molar refractivity (Wildman–Crippen MR) is 58.8 cm³/mol. The van der Waals surface area contributed by atoms with Crippen LogP contribution in [0, 0.1) is 13.8 Å². The van der Waals surface area contributed by atoms with Gasteiger partial charge in [-0.1, -0.05) is 0 Å². The van der Waals surface area contributed by atoms with Crippen molar-refractivity contribution in [3.63, 3.8) is 0 Å². The Morgan fingerprint density at radius 1 is 1.21 bits per heavy atom. The fraction of sp³-hybridized carbons (Fsp3) is 0.333. The molecule has 0 aliphatic rings. The molecule has 0 saturated carbocycles. The van der Waals surface area contributed by atoms with E-state index >= 15 is 0 Å². The van der Waals surface area contributed by atoms with Crippen molar-refractivity contribution < 1.29 is 8.42 Å². The van der Waals surface area contributed by atoms with Crippen LogP contribution in [0.4, 0.5) is 11.4 Å². The summed E-state index contributed by atoms with van der Waals surface area (Å²) in [6.07, 6.45) is 1.12. The summed E-state index contributed by atoms with van der Waals surface area (Å²) in [5.41, 5.74) is 8.61. The molecule has 1 rings (SSSR count). The van der Waals surface area contributed by atoms with Gasteiger partial charge in [0.05, 0.1) is 11.9 Å². The highest BCUT2D eigenvalue weighted by Gasteiger charge is 2.06. The Kier molecular flexibility index (Phi) is 2.71. The molecule has 0 radical (unpaired) electrons. The van der Waals surface area contributed by atoms with Crippen molar-refractivity contribution in [2.24, 2.45) is 0 Å². The molecule has 0 bridgehead atoms. The topological polar surface area (TPSA) is 72.2 Å². The molecule has 0 atom stereocenters. The maximum Gasteiger partial charge on any atom is 0.229 e. The van der Waals surface area contributed by atoms with E-state index in [1.165, 1.54) is 0 Å². The van der Waals surface area contributed by atoms with E-state index in [2.05, 4.69) is 4.72 Å². The highest BCUT2D eigenvalue weighted by atomic mass is 32.2. The van der Waals surface area contributed by atoms with Crippen LogP contribution in [0.3, 0.4) is 0 Å². The van der Waals surface area contributed by atoms with Gasteiger partial charge in [-0.05, 0) is 37.1 Å². The maximum atomic E-state index is 11.0. The molecule has 3 N–H and O–H groups in total. The third-order valence-electron chi connectivity index (χ3n) is 1.91. The molecule has 0 spiro atoms.